The summed E-state index contributed by atoms with van der Waals surface area (Å²) >= 11 is 0. The average molecular weight is 269 g/mol. The molecule has 0 radical (unpaired) electrons. The molecule has 1 aliphatic heterocycles. The molecular formula is C13H19NO3S. The Morgan fingerprint density at radius 1 is 1.22 bits per heavy atom. The molecule has 5 heteroatoms. The predicted octanol–water partition coefficient (Wildman–Crippen LogP) is 1.05. The molecule has 1 aromatic carbocycles. The van der Waals surface area contributed by atoms with Crippen molar-refractivity contribution in [2.45, 2.75) is 30.4 Å². The summed E-state index contributed by atoms with van der Waals surface area (Å²) in [5.41, 5.74) is 1.11. The molecule has 100 valence electrons. The lowest BCUT2D eigenvalue weighted by molar-refractivity contribution is 0.0792. The van der Waals surface area contributed by atoms with Crippen LogP contribution < -0.4 is 0 Å². The van der Waals surface area contributed by atoms with E-state index in [1.54, 1.807) is 12.1 Å². The van der Waals surface area contributed by atoms with Gasteiger partial charge in [-0.2, -0.15) is 0 Å². The molecule has 0 spiro atoms. The normalized spacial score (nSPS) is 19.0. The van der Waals surface area contributed by atoms with Gasteiger partial charge >= 0.3 is 0 Å². The Hall–Kier alpha value is -0.910. The van der Waals surface area contributed by atoms with E-state index in [-0.39, 0.29) is 6.10 Å². The van der Waals surface area contributed by atoms with E-state index in [1.807, 2.05) is 12.1 Å². The number of benzene rings is 1. The topological polar surface area (TPSA) is 57.6 Å². The Morgan fingerprint density at radius 3 is 2.28 bits per heavy atom. The maximum absolute atomic E-state index is 11.3. The van der Waals surface area contributed by atoms with Gasteiger partial charge in [0.15, 0.2) is 9.84 Å². The van der Waals surface area contributed by atoms with Crippen LogP contribution >= 0.6 is 0 Å². The Kier molecular flexibility index (Phi) is 4.04. The largest absolute Gasteiger partial charge is 0.393 e. The van der Waals surface area contributed by atoms with Crippen LogP contribution in [0.1, 0.15) is 18.4 Å². The van der Waals surface area contributed by atoms with Crippen LogP contribution in [0.4, 0.5) is 0 Å². The summed E-state index contributed by atoms with van der Waals surface area (Å²) in [4.78, 5) is 2.64. The molecule has 1 heterocycles. The van der Waals surface area contributed by atoms with Crippen molar-refractivity contribution in [3.63, 3.8) is 0 Å². The summed E-state index contributed by atoms with van der Waals surface area (Å²) in [6.45, 7) is 2.61. The fraction of sp³-hybridized carbons (Fsp3) is 0.538. The van der Waals surface area contributed by atoms with Gasteiger partial charge in [-0.3, -0.25) is 4.90 Å². The Labute approximate surface area is 108 Å². The molecule has 0 amide bonds. The minimum absolute atomic E-state index is 0.158. The second kappa shape index (κ2) is 5.38. The molecule has 0 bridgehead atoms. The highest BCUT2D eigenvalue weighted by atomic mass is 32.2. The fourth-order valence-corrected chi connectivity index (χ4v) is 2.81. The van der Waals surface area contributed by atoms with Crippen molar-refractivity contribution in [1.82, 2.24) is 4.90 Å². The number of aliphatic hydroxyl groups is 1. The highest BCUT2D eigenvalue weighted by Gasteiger charge is 2.17. The Morgan fingerprint density at radius 2 is 1.78 bits per heavy atom. The van der Waals surface area contributed by atoms with Gasteiger partial charge in [0, 0.05) is 25.9 Å². The number of hydrogen-bond donors (Lipinski definition) is 1. The first-order chi connectivity index (χ1) is 8.45. The number of hydrogen-bond acceptors (Lipinski definition) is 4. The second-order valence-electron chi connectivity index (χ2n) is 4.92. The summed E-state index contributed by atoms with van der Waals surface area (Å²) in [6, 6.07) is 7.04. The molecule has 0 atom stereocenters. The van der Waals surface area contributed by atoms with Crippen molar-refractivity contribution in [1.29, 1.82) is 0 Å². The standard InChI is InChI=1S/C13H19NO3S/c1-18(16,17)13-4-2-11(3-5-13)10-14-8-6-12(15)7-9-14/h2-5,12,15H,6-10H2,1H3. The number of sulfone groups is 1. The van der Waals surface area contributed by atoms with Gasteiger partial charge in [0.1, 0.15) is 0 Å². The monoisotopic (exact) mass is 269 g/mol. The van der Waals surface area contributed by atoms with E-state index in [0.29, 0.717) is 4.90 Å². The van der Waals surface area contributed by atoms with E-state index in [9.17, 15) is 13.5 Å². The van der Waals surface area contributed by atoms with Crippen LogP contribution in [-0.4, -0.2) is 43.9 Å². The molecule has 0 unspecified atom stereocenters. The molecule has 4 nitrogen and oxygen atoms in total. The van der Waals surface area contributed by atoms with Crippen LogP contribution in [0.5, 0.6) is 0 Å². The average Bonchev–Trinajstić information content (AvgIpc) is 2.32. The molecule has 1 saturated heterocycles. The zero-order chi connectivity index (χ0) is 13.2. The van der Waals surface area contributed by atoms with Crippen molar-refractivity contribution >= 4 is 9.84 Å². The van der Waals surface area contributed by atoms with Gasteiger partial charge in [-0.1, -0.05) is 12.1 Å². The third kappa shape index (κ3) is 3.54. The van der Waals surface area contributed by atoms with E-state index in [4.69, 9.17) is 0 Å². The first kappa shape index (κ1) is 13.5. The summed E-state index contributed by atoms with van der Waals surface area (Å²) in [7, 11) is -3.11. The van der Waals surface area contributed by atoms with Crippen molar-refractivity contribution < 1.29 is 13.5 Å². The van der Waals surface area contributed by atoms with Gasteiger partial charge in [-0.25, -0.2) is 8.42 Å². The second-order valence-corrected chi connectivity index (χ2v) is 6.94. The van der Waals surface area contributed by atoms with Crippen LogP contribution in [0.15, 0.2) is 29.2 Å². The van der Waals surface area contributed by atoms with Crippen molar-refractivity contribution in [2.24, 2.45) is 0 Å². The smallest absolute Gasteiger partial charge is 0.175 e. The summed E-state index contributed by atoms with van der Waals surface area (Å²) in [5.74, 6) is 0. The molecule has 0 saturated carbocycles. The lowest BCUT2D eigenvalue weighted by Crippen LogP contribution is -2.35. The van der Waals surface area contributed by atoms with Gasteiger partial charge in [-0.05, 0) is 30.5 Å². The minimum atomic E-state index is -3.11. The van der Waals surface area contributed by atoms with E-state index < -0.39 is 9.84 Å². The van der Waals surface area contributed by atoms with E-state index in [1.165, 1.54) is 6.26 Å². The molecule has 1 N–H and O–H groups in total. The highest BCUT2D eigenvalue weighted by molar-refractivity contribution is 7.90. The number of rotatable bonds is 3. The molecular weight excluding hydrogens is 250 g/mol. The van der Waals surface area contributed by atoms with Crippen LogP contribution in [0, 0.1) is 0 Å². The predicted molar refractivity (Wildman–Crippen MR) is 70.1 cm³/mol. The third-order valence-electron chi connectivity index (χ3n) is 3.31. The maximum atomic E-state index is 11.3. The molecule has 18 heavy (non-hydrogen) atoms. The zero-order valence-corrected chi connectivity index (χ0v) is 11.4. The minimum Gasteiger partial charge on any atom is -0.393 e. The van der Waals surface area contributed by atoms with Gasteiger partial charge in [0.05, 0.1) is 11.0 Å². The Bertz CT molecular complexity index is 487. The summed E-state index contributed by atoms with van der Waals surface area (Å²) < 4.78 is 22.7. The van der Waals surface area contributed by atoms with Crippen molar-refractivity contribution in [3.8, 4) is 0 Å². The van der Waals surface area contributed by atoms with Gasteiger partial charge < -0.3 is 5.11 Å². The third-order valence-corrected chi connectivity index (χ3v) is 4.44. The lowest BCUT2D eigenvalue weighted by atomic mass is 10.1. The lowest BCUT2D eigenvalue weighted by Gasteiger charge is -2.29. The van der Waals surface area contributed by atoms with Crippen molar-refractivity contribution in [2.75, 3.05) is 19.3 Å². The molecule has 1 fully saturated rings. The van der Waals surface area contributed by atoms with E-state index in [0.717, 1.165) is 38.0 Å². The van der Waals surface area contributed by atoms with E-state index in [2.05, 4.69) is 4.90 Å². The Balaban J connectivity index is 1.98. The first-order valence-electron chi connectivity index (χ1n) is 6.14. The van der Waals surface area contributed by atoms with Gasteiger partial charge in [-0.15, -0.1) is 0 Å². The van der Waals surface area contributed by atoms with Crippen LogP contribution in [-0.2, 0) is 16.4 Å². The number of piperidine rings is 1. The quantitative estimate of drug-likeness (QED) is 0.891. The zero-order valence-electron chi connectivity index (χ0n) is 10.5. The highest BCUT2D eigenvalue weighted by Crippen LogP contribution is 2.15. The number of nitrogens with zero attached hydrogens (tertiary/aromatic N) is 1. The summed E-state index contributed by atoms with van der Waals surface area (Å²) in [5, 5.41) is 9.43. The summed E-state index contributed by atoms with van der Waals surface area (Å²) in [6.07, 6.45) is 2.70. The van der Waals surface area contributed by atoms with E-state index >= 15 is 0 Å². The van der Waals surface area contributed by atoms with Crippen LogP contribution in [0.25, 0.3) is 0 Å². The SMILES string of the molecule is CS(=O)(=O)c1ccc(CN2CCC(O)CC2)cc1. The number of aliphatic hydroxyl groups excluding tert-OH is 1. The van der Waals surface area contributed by atoms with Gasteiger partial charge in [0.2, 0.25) is 0 Å². The molecule has 1 aromatic rings. The van der Waals surface area contributed by atoms with Crippen LogP contribution in [0.2, 0.25) is 0 Å². The number of likely N-dealkylation sites (tertiary alicyclic amines) is 1. The first-order valence-corrected chi connectivity index (χ1v) is 8.04. The molecule has 1 aliphatic rings. The van der Waals surface area contributed by atoms with Crippen LogP contribution in [0.3, 0.4) is 0 Å². The van der Waals surface area contributed by atoms with Crippen molar-refractivity contribution in [3.05, 3.63) is 29.8 Å². The molecule has 0 aromatic heterocycles. The molecule has 2 rings (SSSR count). The fourth-order valence-electron chi connectivity index (χ4n) is 2.18. The maximum Gasteiger partial charge on any atom is 0.175 e. The molecule has 0 aliphatic carbocycles. The van der Waals surface area contributed by atoms with Gasteiger partial charge in [0.25, 0.3) is 0 Å².